The molecule has 0 aliphatic carbocycles. The Morgan fingerprint density at radius 2 is 1.95 bits per heavy atom. The van der Waals surface area contributed by atoms with Gasteiger partial charge >= 0.3 is 0 Å². The van der Waals surface area contributed by atoms with Crippen LogP contribution in [-0.4, -0.2) is 19.3 Å². The summed E-state index contributed by atoms with van der Waals surface area (Å²) in [4.78, 5) is 4.03. The van der Waals surface area contributed by atoms with Gasteiger partial charge in [0.1, 0.15) is 12.1 Å². The van der Waals surface area contributed by atoms with Crippen LogP contribution < -0.4 is 5.73 Å². The fourth-order valence-electron chi connectivity index (χ4n) is 2.01. The molecule has 3 rings (SSSR count). The van der Waals surface area contributed by atoms with E-state index < -0.39 is 0 Å². The van der Waals surface area contributed by atoms with E-state index in [-0.39, 0.29) is 5.82 Å². The van der Waals surface area contributed by atoms with E-state index >= 15 is 0 Å². The third-order valence-electron chi connectivity index (χ3n) is 2.95. The molecule has 0 aliphatic heterocycles. The van der Waals surface area contributed by atoms with E-state index in [0.717, 1.165) is 0 Å². The van der Waals surface area contributed by atoms with Gasteiger partial charge in [-0.25, -0.2) is 14.1 Å². The van der Waals surface area contributed by atoms with Crippen molar-refractivity contribution in [3.05, 3.63) is 48.8 Å². The van der Waals surface area contributed by atoms with Crippen LogP contribution in [0.3, 0.4) is 0 Å². The Balaban J connectivity index is 2.16. The van der Waals surface area contributed by atoms with Crippen LogP contribution in [0.25, 0.3) is 17.1 Å². The number of aryl methyl sites for hydroxylation is 1. The molecule has 96 valence electrons. The quantitative estimate of drug-likeness (QED) is 0.714. The molecule has 0 unspecified atom stereocenters. The van der Waals surface area contributed by atoms with Crippen LogP contribution in [0, 0.1) is 5.82 Å². The minimum absolute atomic E-state index is 0.341. The number of hydrogen-bond acceptors (Lipinski definition) is 3. The van der Waals surface area contributed by atoms with Crippen molar-refractivity contribution in [2.45, 2.75) is 0 Å². The lowest BCUT2D eigenvalue weighted by Gasteiger charge is -2.10. The lowest BCUT2D eigenvalue weighted by molar-refractivity contribution is 0.626. The standard InChI is InChI=1S/C13H12FN5/c1-18-13(16-8-17-18)9-6-11(15)12(7-10(9)14)19-4-2-3-5-19/h2-8H,15H2,1H3. The maximum absolute atomic E-state index is 14.2. The Hall–Kier alpha value is -2.63. The van der Waals surface area contributed by atoms with Crippen LogP contribution in [-0.2, 0) is 7.05 Å². The molecule has 6 heteroatoms. The van der Waals surface area contributed by atoms with Crippen molar-refractivity contribution in [1.82, 2.24) is 19.3 Å². The van der Waals surface area contributed by atoms with Crippen LogP contribution in [0.2, 0.25) is 0 Å². The van der Waals surface area contributed by atoms with E-state index in [1.807, 2.05) is 24.5 Å². The highest BCUT2D eigenvalue weighted by Gasteiger charge is 2.14. The van der Waals surface area contributed by atoms with Gasteiger partial charge in [0.25, 0.3) is 0 Å². The third kappa shape index (κ3) is 1.87. The van der Waals surface area contributed by atoms with Gasteiger partial charge in [0.2, 0.25) is 0 Å². The first-order valence-electron chi connectivity index (χ1n) is 5.73. The van der Waals surface area contributed by atoms with Gasteiger partial charge in [-0.05, 0) is 18.2 Å². The Kier molecular flexibility index (Phi) is 2.56. The molecule has 0 saturated heterocycles. The Bertz CT molecular complexity index is 715. The first kappa shape index (κ1) is 11.5. The van der Waals surface area contributed by atoms with Crippen LogP contribution in [0.5, 0.6) is 0 Å². The minimum atomic E-state index is -0.381. The van der Waals surface area contributed by atoms with Crippen LogP contribution >= 0.6 is 0 Å². The zero-order valence-electron chi connectivity index (χ0n) is 10.3. The molecule has 0 amide bonds. The monoisotopic (exact) mass is 257 g/mol. The summed E-state index contributed by atoms with van der Waals surface area (Å²) < 4.78 is 17.5. The summed E-state index contributed by atoms with van der Waals surface area (Å²) in [5.74, 6) is 0.0669. The highest BCUT2D eigenvalue weighted by Crippen LogP contribution is 2.27. The highest BCUT2D eigenvalue weighted by atomic mass is 19.1. The zero-order valence-corrected chi connectivity index (χ0v) is 10.3. The first-order valence-corrected chi connectivity index (χ1v) is 5.73. The van der Waals surface area contributed by atoms with E-state index in [4.69, 9.17) is 5.73 Å². The maximum atomic E-state index is 14.2. The highest BCUT2D eigenvalue weighted by molar-refractivity contribution is 5.69. The molecule has 0 bridgehead atoms. The van der Waals surface area contributed by atoms with Crippen molar-refractivity contribution >= 4 is 5.69 Å². The number of rotatable bonds is 2. The van der Waals surface area contributed by atoms with Gasteiger partial charge in [-0.15, -0.1) is 0 Å². The number of nitrogen functional groups attached to an aromatic ring is 1. The first-order chi connectivity index (χ1) is 9.16. The topological polar surface area (TPSA) is 61.7 Å². The summed E-state index contributed by atoms with van der Waals surface area (Å²) in [6.45, 7) is 0. The average molecular weight is 257 g/mol. The molecule has 2 heterocycles. The Morgan fingerprint density at radius 3 is 2.58 bits per heavy atom. The Morgan fingerprint density at radius 1 is 1.21 bits per heavy atom. The fraction of sp³-hybridized carbons (Fsp3) is 0.0769. The van der Waals surface area contributed by atoms with Gasteiger partial charge in [-0.1, -0.05) is 0 Å². The molecule has 0 aliphatic rings. The molecule has 3 aromatic rings. The summed E-state index contributed by atoms with van der Waals surface area (Å²) in [7, 11) is 1.71. The molecule has 5 nitrogen and oxygen atoms in total. The molecule has 0 radical (unpaired) electrons. The van der Waals surface area contributed by atoms with Crippen molar-refractivity contribution in [2.75, 3.05) is 5.73 Å². The molecule has 0 spiro atoms. The van der Waals surface area contributed by atoms with E-state index in [1.54, 1.807) is 17.7 Å². The largest absolute Gasteiger partial charge is 0.397 e. The lowest BCUT2D eigenvalue weighted by Crippen LogP contribution is -2.02. The van der Waals surface area contributed by atoms with E-state index in [1.165, 1.54) is 17.1 Å². The number of nitrogens with zero attached hydrogens (tertiary/aromatic N) is 4. The Labute approximate surface area is 109 Å². The van der Waals surface area contributed by atoms with E-state index in [2.05, 4.69) is 10.1 Å². The van der Waals surface area contributed by atoms with Gasteiger partial charge in [0.05, 0.1) is 16.9 Å². The number of halogens is 1. The number of nitrogens with two attached hydrogens (primary N) is 1. The molecular formula is C13H12FN5. The second-order valence-electron chi connectivity index (χ2n) is 4.19. The van der Waals surface area contributed by atoms with Crippen molar-refractivity contribution in [2.24, 2.45) is 7.05 Å². The van der Waals surface area contributed by atoms with E-state index in [9.17, 15) is 4.39 Å². The second-order valence-corrected chi connectivity index (χ2v) is 4.19. The van der Waals surface area contributed by atoms with Gasteiger partial charge in [0.15, 0.2) is 5.82 Å². The molecule has 0 fully saturated rings. The molecule has 0 saturated carbocycles. The lowest BCUT2D eigenvalue weighted by atomic mass is 10.1. The fourth-order valence-corrected chi connectivity index (χ4v) is 2.01. The summed E-state index contributed by atoms with van der Waals surface area (Å²) >= 11 is 0. The predicted octanol–water partition coefficient (Wildman–Crippen LogP) is 1.99. The molecular weight excluding hydrogens is 245 g/mol. The van der Waals surface area contributed by atoms with Gasteiger partial charge in [-0.2, -0.15) is 5.10 Å². The van der Waals surface area contributed by atoms with Gasteiger partial charge in [0, 0.05) is 25.5 Å². The van der Waals surface area contributed by atoms with E-state index in [0.29, 0.717) is 22.8 Å². The minimum Gasteiger partial charge on any atom is -0.397 e. The van der Waals surface area contributed by atoms with Crippen LogP contribution in [0.1, 0.15) is 0 Å². The number of aromatic nitrogens is 4. The van der Waals surface area contributed by atoms with Crippen molar-refractivity contribution < 1.29 is 4.39 Å². The summed E-state index contributed by atoms with van der Waals surface area (Å²) in [6, 6.07) is 6.69. The third-order valence-corrected chi connectivity index (χ3v) is 2.95. The molecule has 2 N–H and O–H groups in total. The maximum Gasteiger partial charge on any atom is 0.160 e. The SMILES string of the molecule is Cn1ncnc1-c1cc(N)c(-n2cccc2)cc1F. The van der Waals surface area contributed by atoms with Gasteiger partial charge in [-0.3, -0.25) is 0 Å². The van der Waals surface area contributed by atoms with Crippen molar-refractivity contribution in [3.63, 3.8) is 0 Å². The van der Waals surface area contributed by atoms with Crippen LogP contribution in [0.4, 0.5) is 10.1 Å². The smallest absolute Gasteiger partial charge is 0.160 e. The average Bonchev–Trinajstić information content (AvgIpc) is 3.03. The van der Waals surface area contributed by atoms with Crippen molar-refractivity contribution in [3.8, 4) is 17.1 Å². The van der Waals surface area contributed by atoms with Gasteiger partial charge < -0.3 is 10.3 Å². The number of anilines is 1. The van der Waals surface area contributed by atoms with Crippen LogP contribution in [0.15, 0.2) is 43.0 Å². The molecule has 1 aromatic carbocycles. The summed E-state index contributed by atoms with van der Waals surface area (Å²) in [5, 5.41) is 3.93. The predicted molar refractivity (Wildman–Crippen MR) is 70.1 cm³/mol. The molecule has 0 atom stereocenters. The number of hydrogen-bond donors (Lipinski definition) is 1. The van der Waals surface area contributed by atoms with Crippen molar-refractivity contribution in [1.29, 1.82) is 0 Å². The molecule has 19 heavy (non-hydrogen) atoms. The second kappa shape index (κ2) is 4.24. The normalized spacial score (nSPS) is 10.8. The summed E-state index contributed by atoms with van der Waals surface area (Å²) in [6.07, 6.45) is 5.01. The summed E-state index contributed by atoms with van der Waals surface area (Å²) in [5.41, 5.74) is 7.42. The number of benzene rings is 1. The molecule has 2 aromatic heterocycles. The zero-order chi connectivity index (χ0) is 13.4.